The van der Waals surface area contributed by atoms with E-state index in [4.69, 9.17) is 5.73 Å². The molecule has 5 nitrogen and oxygen atoms in total. The minimum absolute atomic E-state index is 0.0523. The van der Waals surface area contributed by atoms with E-state index < -0.39 is 0 Å². The maximum absolute atomic E-state index is 9.18. The van der Waals surface area contributed by atoms with Crippen LogP contribution in [0.4, 0.5) is 0 Å². The maximum Gasteiger partial charge on any atom is 0.115 e. The minimum Gasteiger partial charge on any atom is -0.508 e. The van der Waals surface area contributed by atoms with Gasteiger partial charge in [0.2, 0.25) is 0 Å². The van der Waals surface area contributed by atoms with Crippen LogP contribution in [-0.4, -0.2) is 20.1 Å². The fourth-order valence-electron chi connectivity index (χ4n) is 1.56. The van der Waals surface area contributed by atoms with Crippen LogP contribution in [-0.2, 0) is 6.54 Å². The first kappa shape index (κ1) is 11.6. The molecule has 1 aromatic carbocycles. The van der Waals surface area contributed by atoms with E-state index in [-0.39, 0.29) is 11.8 Å². The van der Waals surface area contributed by atoms with Crippen molar-refractivity contribution in [3.05, 3.63) is 41.7 Å². The second kappa shape index (κ2) is 4.97. The average molecular weight is 232 g/mol. The third kappa shape index (κ3) is 2.82. The van der Waals surface area contributed by atoms with E-state index in [0.717, 1.165) is 17.7 Å². The molecule has 17 heavy (non-hydrogen) atoms. The number of aromatic nitrogens is 3. The van der Waals surface area contributed by atoms with Crippen molar-refractivity contribution in [2.45, 2.75) is 25.9 Å². The predicted molar refractivity (Wildman–Crippen MR) is 64.5 cm³/mol. The van der Waals surface area contributed by atoms with Crippen molar-refractivity contribution in [3.8, 4) is 5.75 Å². The van der Waals surface area contributed by atoms with E-state index >= 15 is 0 Å². The Labute approximate surface area is 99.9 Å². The highest BCUT2D eigenvalue weighted by Gasteiger charge is 2.08. The van der Waals surface area contributed by atoms with Crippen LogP contribution in [0, 0.1) is 0 Å². The van der Waals surface area contributed by atoms with Gasteiger partial charge in [0.05, 0.1) is 24.5 Å². The number of nitrogens with zero attached hydrogens (tertiary/aromatic N) is 3. The van der Waals surface area contributed by atoms with Gasteiger partial charge in [-0.25, -0.2) is 4.68 Å². The third-order valence-corrected chi connectivity index (χ3v) is 2.66. The molecule has 2 rings (SSSR count). The molecule has 2 aromatic rings. The van der Waals surface area contributed by atoms with E-state index in [1.54, 1.807) is 16.8 Å². The average Bonchev–Trinajstić information content (AvgIpc) is 2.80. The van der Waals surface area contributed by atoms with Crippen molar-refractivity contribution in [2.24, 2.45) is 5.73 Å². The number of rotatable bonds is 4. The Kier molecular flexibility index (Phi) is 3.39. The van der Waals surface area contributed by atoms with Crippen molar-refractivity contribution in [1.82, 2.24) is 15.0 Å². The van der Waals surface area contributed by atoms with E-state index in [1.165, 1.54) is 0 Å². The molecule has 0 aliphatic carbocycles. The van der Waals surface area contributed by atoms with Crippen LogP contribution in [0.5, 0.6) is 5.75 Å². The quantitative estimate of drug-likeness (QED) is 0.836. The summed E-state index contributed by atoms with van der Waals surface area (Å²) in [6.45, 7) is 2.65. The fraction of sp³-hybridized carbons (Fsp3) is 0.333. The number of hydrogen-bond donors (Lipinski definition) is 2. The van der Waals surface area contributed by atoms with Crippen molar-refractivity contribution >= 4 is 0 Å². The molecule has 1 aromatic heterocycles. The van der Waals surface area contributed by atoms with Crippen LogP contribution in [0.3, 0.4) is 0 Å². The van der Waals surface area contributed by atoms with Gasteiger partial charge in [0.1, 0.15) is 5.75 Å². The van der Waals surface area contributed by atoms with Gasteiger partial charge >= 0.3 is 0 Å². The van der Waals surface area contributed by atoms with Crippen LogP contribution in [0.25, 0.3) is 0 Å². The van der Waals surface area contributed by atoms with Gasteiger partial charge < -0.3 is 10.8 Å². The lowest BCUT2D eigenvalue weighted by atomic mass is 10.2. The smallest absolute Gasteiger partial charge is 0.115 e. The summed E-state index contributed by atoms with van der Waals surface area (Å²) in [4.78, 5) is 0. The van der Waals surface area contributed by atoms with Crippen LogP contribution >= 0.6 is 0 Å². The zero-order valence-corrected chi connectivity index (χ0v) is 9.74. The number of phenolic OH excluding ortho intramolecular Hbond substituents is 1. The van der Waals surface area contributed by atoms with E-state index in [0.29, 0.717) is 6.54 Å². The molecule has 0 aliphatic rings. The number of hydrogen-bond acceptors (Lipinski definition) is 4. The van der Waals surface area contributed by atoms with E-state index in [1.807, 2.05) is 25.3 Å². The Bertz CT molecular complexity index is 478. The normalized spacial score (nSPS) is 12.6. The van der Waals surface area contributed by atoms with Crippen LogP contribution in [0.1, 0.15) is 30.6 Å². The molecule has 1 heterocycles. The van der Waals surface area contributed by atoms with Gasteiger partial charge in [-0.3, -0.25) is 0 Å². The van der Waals surface area contributed by atoms with Gasteiger partial charge in [-0.05, 0) is 24.1 Å². The van der Waals surface area contributed by atoms with Crippen molar-refractivity contribution in [2.75, 3.05) is 0 Å². The first-order valence-corrected chi connectivity index (χ1v) is 5.62. The van der Waals surface area contributed by atoms with Gasteiger partial charge in [-0.2, -0.15) is 0 Å². The Hall–Kier alpha value is -1.88. The highest BCUT2D eigenvalue weighted by molar-refractivity contribution is 5.25. The number of phenols is 1. The molecule has 90 valence electrons. The molecule has 0 saturated heterocycles. The van der Waals surface area contributed by atoms with Crippen LogP contribution < -0.4 is 5.73 Å². The minimum atomic E-state index is -0.0523. The molecule has 0 bridgehead atoms. The first-order valence-electron chi connectivity index (χ1n) is 5.62. The lowest BCUT2D eigenvalue weighted by Gasteiger charge is -2.02. The lowest BCUT2D eigenvalue weighted by molar-refractivity contribution is 0.475. The lowest BCUT2D eigenvalue weighted by Crippen LogP contribution is -2.08. The molecule has 1 unspecified atom stereocenters. The topological polar surface area (TPSA) is 77.0 Å². The molecule has 0 spiro atoms. The fourth-order valence-corrected chi connectivity index (χ4v) is 1.56. The zero-order valence-electron chi connectivity index (χ0n) is 9.74. The molecule has 0 saturated carbocycles. The van der Waals surface area contributed by atoms with Crippen LogP contribution in [0.2, 0.25) is 0 Å². The molecule has 3 N–H and O–H groups in total. The van der Waals surface area contributed by atoms with Crippen molar-refractivity contribution in [3.63, 3.8) is 0 Å². The van der Waals surface area contributed by atoms with Gasteiger partial charge in [-0.15, -0.1) is 5.10 Å². The molecule has 5 heteroatoms. The largest absolute Gasteiger partial charge is 0.508 e. The Morgan fingerprint density at radius 3 is 2.71 bits per heavy atom. The van der Waals surface area contributed by atoms with Gasteiger partial charge in [-0.1, -0.05) is 24.3 Å². The zero-order chi connectivity index (χ0) is 12.3. The standard InChI is InChI=1S/C12H16N4O/c1-2-11(13)12-8-16(15-14-12)7-9-3-5-10(17)6-4-9/h3-6,8,11,17H,2,7,13H2,1H3. The summed E-state index contributed by atoms with van der Waals surface area (Å²) < 4.78 is 1.75. The number of nitrogens with two attached hydrogens (primary N) is 1. The summed E-state index contributed by atoms with van der Waals surface area (Å²) in [7, 11) is 0. The summed E-state index contributed by atoms with van der Waals surface area (Å²) in [5.41, 5.74) is 7.74. The Morgan fingerprint density at radius 1 is 1.35 bits per heavy atom. The maximum atomic E-state index is 9.18. The molecular weight excluding hydrogens is 216 g/mol. The van der Waals surface area contributed by atoms with Crippen molar-refractivity contribution < 1.29 is 5.11 Å². The highest BCUT2D eigenvalue weighted by Crippen LogP contribution is 2.12. The predicted octanol–water partition coefficient (Wildman–Crippen LogP) is 1.44. The SMILES string of the molecule is CCC(N)c1cn(Cc2ccc(O)cc2)nn1. The van der Waals surface area contributed by atoms with Gasteiger partial charge in [0, 0.05) is 0 Å². The first-order chi connectivity index (χ1) is 8.19. The molecule has 1 atom stereocenters. The van der Waals surface area contributed by atoms with Crippen LogP contribution in [0.15, 0.2) is 30.5 Å². The van der Waals surface area contributed by atoms with Gasteiger partial charge in [0.15, 0.2) is 0 Å². The monoisotopic (exact) mass is 232 g/mol. The summed E-state index contributed by atoms with van der Waals surface area (Å²) in [6.07, 6.45) is 2.71. The van der Waals surface area contributed by atoms with Gasteiger partial charge in [0.25, 0.3) is 0 Å². The van der Waals surface area contributed by atoms with Crippen molar-refractivity contribution in [1.29, 1.82) is 0 Å². The highest BCUT2D eigenvalue weighted by atomic mass is 16.3. The van der Waals surface area contributed by atoms with E-state index in [2.05, 4.69) is 10.3 Å². The summed E-state index contributed by atoms with van der Waals surface area (Å²) >= 11 is 0. The number of aromatic hydroxyl groups is 1. The molecule has 0 aliphatic heterocycles. The number of benzene rings is 1. The molecule has 0 radical (unpaired) electrons. The second-order valence-electron chi connectivity index (χ2n) is 4.02. The van der Waals surface area contributed by atoms with E-state index in [9.17, 15) is 5.11 Å². The molecular formula is C12H16N4O. The molecule has 0 amide bonds. The summed E-state index contributed by atoms with van der Waals surface area (Å²) in [6, 6.07) is 6.98. The summed E-state index contributed by atoms with van der Waals surface area (Å²) in [5.74, 6) is 0.265. The third-order valence-electron chi connectivity index (χ3n) is 2.66. The molecule has 0 fully saturated rings. The summed E-state index contributed by atoms with van der Waals surface area (Å²) in [5, 5.41) is 17.2. The Balaban J connectivity index is 2.08. The Morgan fingerprint density at radius 2 is 2.06 bits per heavy atom. The second-order valence-corrected chi connectivity index (χ2v) is 4.02.